The van der Waals surface area contributed by atoms with Gasteiger partial charge in [0.15, 0.2) is 0 Å². The molecule has 0 radical (unpaired) electrons. The van der Waals surface area contributed by atoms with Gasteiger partial charge in [-0.15, -0.1) is 0 Å². The van der Waals surface area contributed by atoms with Crippen molar-refractivity contribution in [3.8, 4) is 0 Å². The van der Waals surface area contributed by atoms with E-state index in [1.807, 2.05) is 0 Å². The second-order valence-electron chi connectivity index (χ2n) is 5.26. The van der Waals surface area contributed by atoms with Crippen LogP contribution in [0, 0.1) is 0 Å². The molecule has 23 heavy (non-hydrogen) atoms. The predicted octanol–water partition coefficient (Wildman–Crippen LogP) is 3.33. The fourth-order valence-electron chi connectivity index (χ4n) is 2.52. The van der Waals surface area contributed by atoms with Gasteiger partial charge in [-0.2, -0.15) is 0 Å². The van der Waals surface area contributed by atoms with Gasteiger partial charge in [0, 0.05) is 0 Å². The van der Waals surface area contributed by atoms with Crippen LogP contribution in [0.5, 0.6) is 0 Å². The van der Waals surface area contributed by atoms with E-state index in [2.05, 4.69) is 0 Å². The van der Waals surface area contributed by atoms with E-state index in [9.17, 15) is 14.4 Å². The molecule has 1 N–H and O–H groups in total. The summed E-state index contributed by atoms with van der Waals surface area (Å²) in [6, 6.07) is 11.1. The van der Waals surface area contributed by atoms with Gasteiger partial charge in [0.05, 0.1) is 27.8 Å². The van der Waals surface area contributed by atoms with Gasteiger partial charge in [-0.3, -0.25) is 14.4 Å². The first-order valence-corrected chi connectivity index (χ1v) is 7.29. The van der Waals surface area contributed by atoms with E-state index in [0.717, 1.165) is 4.90 Å². The summed E-state index contributed by atoms with van der Waals surface area (Å²) in [5.74, 6) is -2.59. The van der Waals surface area contributed by atoms with E-state index in [1.54, 1.807) is 30.3 Å². The molecule has 6 heteroatoms. The van der Waals surface area contributed by atoms with Crippen LogP contribution in [0.4, 0.5) is 5.69 Å². The van der Waals surface area contributed by atoms with Gasteiger partial charge in [0.1, 0.15) is 0 Å². The van der Waals surface area contributed by atoms with Crippen LogP contribution in [0.3, 0.4) is 0 Å². The van der Waals surface area contributed by atoms with Crippen molar-refractivity contribution in [1.29, 1.82) is 0 Å². The molecule has 1 unspecified atom stereocenters. The molecule has 1 aliphatic heterocycles. The van der Waals surface area contributed by atoms with Crippen molar-refractivity contribution in [2.75, 3.05) is 4.90 Å². The Bertz CT molecular complexity index is 811. The lowest BCUT2D eigenvalue weighted by Crippen LogP contribution is -2.29. The minimum absolute atomic E-state index is 0.158. The third-order valence-electron chi connectivity index (χ3n) is 3.88. The van der Waals surface area contributed by atoms with Gasteiger partial charge in [-0.05, 0) is 36.8 Å². The summed E-state index contributed by atoms with van der Waals surface area (Å²) in [7, 11) is 0. The van der Waals surface area contributed by atoms with E-state index in [0.29, 0.717) is 16.7 Å². The van der Waals surface area contributed by atoms with Crippen LogP contribution in [-0.4, -0.2) is 22.9 Å². The van der Waals surface area contributed by atoms with Gasteiger partial charge < -0.3 is 5.11 Å². The van der Waals surface area contributed by atoms with Gasteiger partial charge in [0.2, 0.25) is 0 Å². The van der Waals surface area contributed by atoms with Gasteiger partial charge in [0.25, 0.3) is 11.8 Å². The Kier molecular flexibility index (Phi) is 3.66. The molecular weight excluding hydrogens is 318 g/mol. The molecule has 116 valence electrons. The molecule has 0 fully saturated rings. The van der Waals surface area contributed by atoms with Crippen LogP contribution in [0.15, 0.2) is 42.5 Å². The highest BCUT2D eigenvalue weighted by Gasteiger charge is 2.37. The molecule has 1 aliphatic rings. The number of carboxylic acid groups (broad SMARTS) is 1. The van der Waals surface area contributed by atoms with Gasteiger partial charge in [-0.1, -0.05) is 29.8 Å². The molecule has 2 amide bonds. The van der Waals surface area contributed by atoms with Crippen LogP contribution in [0.25, 0.3) is 0 Å². The van der Waals surface area contributed by atoms with Gasteiger partial charge >= 0.3 is 5.97 Å². The lowest BCUT2D eigenvalue weighted by Gasteiger charge is -2.17. The number of imide groups is 1. The van der Waals surface area contributed by atoms with Crippen LogP contribution < -0.4 is 4.90 Å². The minimum Gasteiger partial charge on any atom is -0.481 e. The molecule has 0 aliphatic carbocycles. The van der Waals surface area contributed by atoms with Crippen molar-refractivity contribution < 1.29 is 19.5 Å². The standard InChI is InChI=1S/C17H12ClNO4/c1-9(17(22)23)10-6-7-14(13(18)8-10)19-15(20)11-4-2-3-5-12(11)16(19)21/h2-9H,1H3,(H,22,23). The van der Waals surface area contributed by atoms with Crippen molar-refractivity contribution >= 4 is 35.1 Å². The lowest BCUT2D eigenvalue weighted by atomic mass is 10.0. The third-order valence-corrected chi connectivity index (χ3v) is 4.18. The molecule has 2 aromatic carbocycles. The summed E-state index contributed by atoms with van der Waals surface area (Å²) in [6.45, 7) is 1.54. The Morgan fingerprint density at radius 3 is 2.13 bits per heavy atom. The zero-order valence-corrected chi connectivity index (χ0v) is 12.9. The Labute approximate surface area is 137 Å². The SMILES string of the molecule is CC(C(=O)O)c1ccc(N2C(=O)c3ccccc3C2=O)c(Cl)c1. The van der Waals surface area contributed by atoms with Crippen LogP contribution in [-0.2, 0) is 4.79 Å². The zero-order valence-electron chi connectivity index (χ0n) is 12.1. The maximum atomic E-state index is 12.4. The highest BCUT2D eigenvalue weighted by molar-refractivity contribution is 6.39. The molecule has 5 nitrogen and oxygen atoms in total. The van der Waals surface area contributed by atoms with Crippen molar-refractivity contribution in [1.82, 2.24) is 0 Å². The summed E-state index contributed by atoms with van der Waals surface area (Å²) in [6.07, 6.45) is 0. The first-order chi connectivity index (χ1) is 10.9. The molecule has 1 heterocycles. The number of nitrogens with zero attached hydrogens (tertiary/aromatic N) is 1. The topological polar surface area (TPSA) is 74.7 Å². The number of carbonyl (C=O) groups excluding carboxylic acids is 2. The third kappa shape index (κ3) is 2.39. The lowest BCUT2D eigenvalue weighted by molar-refractivity contribution is -0.138. The average molecular weight is 330 g/mol. The molecule has 2 aromatic rings. The number of rotatable bonds is 3. The normalized spacial score (nSPS) is 14.8. The number of benzene rings is 2. The Morgan fingerprint density at radius 2 is 1.65 bits per heavy atom. The van der Waals surface area contributed by atoms with E-state index in [-0.39, 0.29) is 10.7 Å². The summed E-state index contributed by atoms with van der Waals surface area (Å²) >= 11 is 6.19. The highest BCUT2D eigenvalue weighted by Crippen LogP contribution is 2.35. The van der Waals surface area contributed by atoms with Crippen LogP contribution >= 0.6 is 11.6 Å². The number of fused-ring (bicyclic) bond motifs is 1. The number of aliphatic carboxylic acids is 1. The summed E-state index contributed by atoms with van der Waals surface area (Å²) in [5.41, 5.74) is 1.41. The fourth-order valence-corrected chi connectivity index (χ4v) is 2.80. The molecule has 1 atom stereocenters. The van der Waals surface area contributed by atoms with E-state index >= 15 is 0 Å². The number of halogens is 1. The Balaban J connectivity index is 2.03. The van der Waals surface area contributed by atoms with Crippen molar-refractivity contribution in [2.24, 2.45) is 0 Å². The highest BCUT2D eigenvalue weighted by atomic mass is 35.5. The van der Waals surface area contributed by atoms with Crippen molar-refractivity contribution in [3.05, 3.63) is 64.2 Å². The minimum atomic E-state index is -0.977. The molecule has 0 spiro atoms. The van der Waals surface area contributed by atoms with E-state index < -0.39 is 23.7 Å². The Hall–Kier alpha value is -2.66. The largest absolute Gasteiger partial charge is 0.481 e. The maximum absolute atomic E-state index is 12.4. The van der Waals surface area contributed by atoms with E-state index in [1.165, 1.54) is 19.1 Å². The number of amides is 2. The molecule has 0 saturated carbocycles. The quantitative estimate of drug-likeness (QED) is 0.876. The number of carbonyl (C=O) groups is 3. The smallest absolute Gasteiger partial charge is 0.310 e. The number of hydrogen-bond donors (Lipinski definition) is 1. The summed E-state index contributed by atoms with van der Waals surface area (Å²) in [5, 5.41) is 9.21. The number of carboxylic acids is 1. The monoisotopic (exact) mass is 329 g/mol. The van der Waals surface area contributed by atoms with Gasteiger partial charge in [-0.25, -0.2) is 4.90 Å². The van der Waals surface area contributed by atoms with Crippen molar-refractivity contribution in [2.45, 2.75) is 12.8 Å². The zero-order chi connectivity index (χ0) is 16.7. The summed E-state index contributed by atoms with van der Waals surface area (Å²) in [4.78, 5) is 36.9. The molecule has 0 saturated heterocycles. The molecule has 0 bridgehead atoms. The Morgan fingerprint density at radius 1 is 1.09 bits per heavy atom. The summed E-state index contributed by atoms with van der Waals surface area (Å²) < 4.78 is 0. The first-order valence-electron chi connectivity index (χ1n) is 6.92. The second kappa shape index (κ2) is 5.52. The number of anilines is 1. The predicted molar refractivity (Wildman–Crippen MR) is 85.1 cm³/mol. The second-order valence-corrected chi connectivity index (χ2v) is 5.67. The van der Waals surface area contributed by atoms with Crippen molar-refractivity contribution in [3.63, 3.8) is 0 Å². The molecule has 0 aromatic heterocycles. The first kappa shape index (κ1) is 15.2. The molecular formula is C17H12ClNO4. The average Bonchev–Trinajstić information content (AvgIpc) is 2.79. The number of hydrogen-bond acceptors (Lipinski definition) is 3. The van der Waals surface area contributed by atoms with Crippen LogP contribution in [0.1, 0.15) is 39.1 Å². The van der Waals surface area contributed by atoms with E-state index in [4.69, 9.17) is 16.7 Å². The fraction of sp³-hybridized carbons (Fsp3) is 0.118. The van der Waals surface area contributed by atoms with Crippen LogP contribution in [0.2, 0.25) is 5.02 Å². The maximum Gasteiger partial charge on any atom is 0.310 e. The molecule has 3 rings (SSSR count).